The SMILES string of the molecule is C=CCCCCC[C@H](NC(=O)OC(C)(C)C)C(=O)N1C[C@H](Oc2ccnc3ccccc23)C[C@H]1C(=O)N[C@]1(C(=O)OCC)CC1C=C. The average Bonchev–Trinajstić information content (AvgIpc) is 3.58. The highest BCUT2D eigenvalue weighted by atomic mass is 16.6. The van der Waals surface area contributed by atoms with Crippen LogP contribution in [0.2, 0.25) is 0 Å². The molecule has 2 aliphatic rings. The molecule has 4 rings (SSSR count). The molecule has 254 valence electrons. The third kappa shape index (κ3) is 8.90. The molecule has 1 saturated carbocycles. The second-order valence-corrected chi connectivity index (χ2v) is 13.2. The maximum Gasteiger partial charge on any atom is 0.408 e. The van der Waals surface area contributed by atoms with Crippen LogP contribution in [0, 0.1) is 5.92 Å². The molecule has 1 aromatic heterocycles. The molecule has 11 nitrogen and oxygen atoms in total. The maximum atomic E-state index is 14.3. The van der Waals surface area contributed by atoms with E-state index >= 15 is 0 Å². The minimum absolute atomic E-state index is 0.0911. The summed E-state index contributed by atoms with van der Waals surface area (Å²) in [4.78, 5) is 60.1. The lowest BCUT2D eigenvalue weighted by molar-refractivity contribution is -0.150. The number of fused-ring (bicyclic) bond motifs is 1. The molecular weight excluding hydrogens is 600 g/mol. The number of nitrogens with zero attached hydrogens (tertiary/aromatic N) is 2. The van der Waals surface area contributed by atoms with Crippen LogP contribution in [-0.2, 0) is 23.9 Å². The van der Waals surface area contributed by atoms with Crippen molar-refractivity contribution in [3.8, 4) is 5.75 Å². The number of hydrogen-bond donors (Lipinski definition) is 2. The summed E-state index contributed by atoms with van der Waals surface area (Å²) in [7, 11) is 0. The molecule has 47 heavy (non-hydrogen) atoms. The first-order valence-corrected chi connectivity index (χ1v) is 16.5. The molecule has 1 saturated heterocycles. The van der Waals surface area contributed by atoms with E-state index in [4.69, 9.17) is 14.2 Å². The number of pyridine rings is 1. The number of carbonyl (C=O) groups excluding carboxylic acids is 4. The van der Waals surface area contributed by atoms with E-state index in [1.54, 1.807) is 46.0 Å². The number of alkyl carbamates (subject to hydrolysis) is 1. The highest BCUT2D eigenvalue weighted by Crippen LogP contribution is 2.45. The van der Waals surface area contributed by atoms with Crippen LogP contribution in [0.4, 0.5) is 4.79 Å². The second kappa shape index (κ2) is 15.5. The van der Waals surface area contributed by atoms with Gasteiger partial charge in [0.25, 0.3) is 0 Å². The third-order valence-electron chi connectivity index (χ3n) is 8.43. The van der Waals surface area contributed by atoms with Gasteiger partial charge in [-0.25, -0.2) is 9.59 Å². The Bertz CT molecular complexity index is 1470. The van der Waals surface area contributed by atoms with E-state index in [-0.39, 0.29) is 25.5 Å². The molecule has 1 aliphatic carbocycles. The fourth-order valence-corrected chi connectivity index (χ4v) is 6.01. The van der Waals surface area contributed by atoms with Crippen molar-refractivity contribution in [2.45, 2.75) is 102 Å². The number of esters is 1. The first kappa shape index (κ1) is 35.4. The van der Waals surface area contributed by atoms with Crippen molar-refractivity contribution in [1.82, 2.24) is 20.5 Å². The van der Waals surface area contributed by atoms with E-state index in [1.807, 2.05) is 30.3 Å². The molecular formula is C36H48N4O7. The monoisotopic (exact) mass is 648 g/mol. The lowest BCUT2D eigenvalue weighted by Gasteiger charge is -2.30. The fourth-order valence-electron chi connectivity index (χ4n) is 6.01. The van der Waals surface area contributed by atoms with E-state index in [0.29, 0.717) is 25.0 Å². The van der Waals surface area contributed by atoms with E-state index in [9.17, 15) is 19.2 Å². The van der Waals surface area contributed by atoms with Crippen molar-refractivity contribution in [1.29, 1.82) is 0 Å². The number of rotatable bonds is 15. The van der Waals surface area contributed by atoms with Gasteiger partial charge in [0.2, 0.25) is 11.8 Å². The Morgan fingerprint density at radius 1 is 1.13 bits per heavy atom. The topological polar surface area (TPSA) is 136 Å². The molecule has 1 aliphatic heterocycles. The van der Waals surface area contributed by atoms with Gasteiger partial charge in [-0.05, 0) is 71.6 Å². The number of amides is 3. The van der Waals surface area contributed by atoms with Gasteiger partial charge in [0.15, 0.2) is 0 Å². The average molecular weight is 649 g/mol. The number of unbranched alkanes of at least 4 members (excludes halogenated alkanes) is 3. The summed E-state index contributed by atoms with van der Waals surface area (Å²) in [6.45, 7) is 14.8. The molecule has 0 spiro atoms. The van der Waals surface area contributed by atoms with Crippen LogP contribution in [-0.4, -0.2) is 76.2 Å². The fraction of sp³-hybridized carbons (Fsp3) is 0.528. The largest absolute Gasteiger partial charge is 0.488 e. The van der Waals surface area contributed by atoms with Crippen molar-refractivity contribution in [2.75, 3.05) is 13.2 Å². The summed E-state index contributed by atoms with van der Waals surface area (Å²) in [6, 6.07) is 7.40. The summed E-state index contributed by atoms with van der Waals surface area (Å²) < 4.78 is 17.2. The number of ether oxygens (including phenoxy) is 3. The zero-order valence-corrected chi connectivity index (χ0v) is 28.0. The highest BCUT2D eigenvalue weighted by molar-refractivity contribution is 5.96. The molecule has 2 N–H and O–H groups in total. The quantitative estimate of drug-likeness (QED) is 0.152. The van der Waals surface area contributed by atoms with Crippen molar-refractivity contribution >= 4 is 34.8 Å². The number of allylic oxidation sites excluding steroid dienone is 1. The molecule has 11 heteroatoms. The lowest BCUT2D eigenvalue weighted by atomic mass is 10.0. The van der Waals surface area contributed by atoms with Crippen LogP contribution in [0.3, 0.4) is 0 Å². The molecule has 2 fully saturated rings. The summed E-state index contributed by atoms with van der Waals surface area (Å²) in [5, 5.41) is 6.47. The standard InChI is InChI=1S/C36H48N4O7/c1-7-10-11-12-13-18-28(38-34(44)47-35(4,5)6)32(42)40-23-25(46-30-19-20-37-27-17-15-14-16-26(27)30)21-29(40)31(41)39-36(22-24(36)8-2)33(43)45-9-3/h7-8,14-17,19-20,24-25,28-29H,1-2,9-13,18,21-23H2,3-6H3,(H,38,44)(H,39,41)/t24?,25-,28+,29+,36-/m1/s1. The van der Waals surface area contributed by atoms with Crippen molar-refractivity contribution in [3.63, 3.8) is 0 Å². The molecule has 5 atom stereocenters. The van der Waals surface area contributed by atoms with Gasteiger partial charge in [-0.3, -0.25) is 14.6 Å². The van der Waals surface area contributed by atoms with E-state index in [0.717, 1.165) is 30.2 Å². The second-order valence-electron chi connectivity index (χ2n) is 13.2. The minimum atomic E-state index is -1.23. The van der Waals surface area contributed by atoms with Crippen LogP contribution in [0.1, 0.15) is 72.6 Å². The molecule has 2 heterocycles. The predicted molar refractivity (Wildman–Crippen MR) is 179 cm³/mol. The van der Waals surface area contributed by atoms with Crippen molar-refractivity contribution in [2.24, 2.45) is 5.92 Å². The predicted octanol–water partition coefficient (Wildman–Crippen LogP) is 5.24. The maximum absolute atomic E-state index is 14.3. The Morgan fingerprint density at radius 2 is 1.89 bits per heavy atom. The Kier molecular flexibility index (Phi) is 11.7. The molecule has 1 unspecified atom stereocenters. The zero-order valence-electron chi connectivity index (χ0n) is 28.0. The Labute approximate surface area is 277 Å². The smallest absolute Gasteiger partial charge is 0.408 e. The summed E-state index contributed by atoms with van der Waals surface area (Å²) in [5.74, 6) is -1.16. The van der Waals surface area contributed by atoms with Crippen LogP contribution in [0.25, 0.3) is 10.9 Å². The summed E-state index contributed by atoms with van der Waals surface area (Å²) in [6.07, 6.45) is 8.00. The third-order valence-corrected chi connectivity index (χ3v) is 8.43. The Hall–Kier alpha value is -4.41. The number of benzene rings is 1. The van der Waals surface area contributed by atoms with Gasteiger partial charge in [-0.2, -0.15) is 0 Å². The van der Waals surface area contributed by atoms with Crippen LogP contribution in [0.5, 0.6) is 5.75 Å². The van der Waals surface area contributed by atoms with Gasteiger partial charge >= 0.3 is 12.1 Å². The summed E-state index contributed by atoms with van der Waals surface area (Å²) >= 11 is 0. The van der Waals surface area contributed by atoms with Gasteiger partial charge in [0.1, 0.15) is 35.1 Å². The van der Waals surface area contributed by atoms with E-state index in [2.05, 4.69) is 28.8 Å². The number of hydrogen-bond acceptors (Lipinski definition) is 8. The Morgan fingerprint density at radius 3 is 2.57 bits per heavy atom. The normalized spacial score (nSPS) is 22.6. The van der Waals surface area contributed by atoms with Crippen molar-refractivity contribution in [3.05, 3.63) is 61.8 Å². The highest BCUT2D eigenvalue weighted by Gasteiger charge is 2.62. The van der Waals surface area contributed by atoms with Gasteiger partial charge in [-0.15, -0.1) is 13.2 Å². The van der Waals surface area contributed by atoms with E-state index < -0.39 is 53.2 Å². The molecule has 1 aromatic carbocycles. The van der Waals surface area contributed by atoms with Crippen LogP contribution >= 0.6 is 0 Å². The molecule has 2 aromatic rings. The van der Waals surface area contributed by atoms with Crippen LogP contribution in [0.15, 0.2) is 61.8 Å². The van der Waals surface area contributed by atoms with Crippen molar-refractivity contribution < 1.29 is 33.4 Å². The zero-order chi connectivity index (χ0) is 34.2. The van der Waals surface area contributed by atoms with Crippen LogP contribution < -0.4 is 15.4 Å². The molecule has 0 bridgehead atoms. The first-order chi connectivity index (χ1) is 22.4. The van der Waals surface area contributed by atoms with Gasteiger partial charge in [0.05, 0.1) is 18.7 Å². The molecule has 0 radical (unpaired) electrons. The summed E-state index contributed by atoms with van der Waals surface area (Å²) in [5.41, 5.74) is -1.25. The molecule has 3 amide bonds. The van der Waals surface area contributed by atoms with E-state index in [1.165, 1.54) is 4.90 Å². The van der Waals surface area contributed by atoms with Gasteiger partial charge < -0.3 is 29.7 Å². The van der Waals surface area contributed by atoms with Gasteiger partial charge in [-0.1, -0.05) is 37.1 Å². The number of likely N-dealkylation sites (tertiary alicyclic amines) is 1. The number of para-hydroxylation sites is 1. The van der Waals surface area contributed by atoms with Gasteiger partial charge in [0, 0.05) is 23.9 Å². The number of carbonyl (C=O) groups is 4. The first-order valence-electron chi connectivity index (χ1n) is 16.5. The lowest BCUT2D eigenvalue weighted by Crippen LogP contribution is -2.56. The minimum Gasteiger partial charge on any atom is -0.488 e. The Balaban J connectivity index is 1.61. The number of nitrogens with one attached hydrogen (secondary N) is 2. The number of aromatic nitrogens is 1.